The molecule has 4 rings (SSSR count). The molecule has 1 aromatic carbocycles. The van der Waals surface area contributed by atoms with Crippen molar-refractivity contribution >= 4 is 23.0 Å². The van der Waals surface area contributed by atoms with Crippen LogP contribution in [0.2, 0.25) is 0 Å². The Morgan fingerprint density at radius 2 is 2.04 bits per heavy atom. The second kappa shape index (κ2) is 6.53. The second-order valence-corrected chi connectivity index (χ2v) is 6.93. The summed E-state index contributed by atoms with van der Waals surface area (Å²) in [5.74, 6) is -0.218. The Balaban J connectivity index is 1.83. The largest absolute Gasteiger partial charge is 0.357 e. The first-order valence-electron chi connectivity index (χ1n) is 8.43. The first kappa shape index (κ1) is 16.7. The van der Waals surface area contributed by atoms with Crippen molar-refractivity contribution in [3.05, 3.63) is 83.7 Å². The van der Waals surface area contributed by atoms with Gasteiger partial charge in [0.2, 0.25) is 0 Å². The Kier molecular flexibility index (Phi) is 4.20. The fraction of sp³-hybridized carbons (Fsp3) is 0.200. The van der Waals surface area contributed by atoms with Crippen LogP contribution in [0.3, 0.4) is 0 Å². The normalized spacial score (nSPS) is 19.7. The van der Waals surface area contributed by atoms with Crippen LogP contribution >= 0.6 is 12.2 Å². The van der Waals surface area contributed by atoms with Crippen LogP contribution in [0.1, 0.15) is 28.9 Å². The van der Waals surface area contributed by atoms with Crippen LogP contribution in [0.4, 0.5) is 10.1 Å². The number of pyridine rings is 1. The lowest BCUT2D eigenvalue weighted by Gasteiger charge is -2.27. The van der Waals surface area contributed by atoms with E-state index in [1.165, 1.54) is 6.07 Å². The molecule has 26 heavy (non-hydrogen) atoms. The summed E-state index contributed by atoms with van der Waals surface area (Å²) in [7, 11) is 1.99. The highest BCUT2D eigenvalue weighted by Crippen LogP contribution is 2.41. The van der Waals surface area contributed by atoms with E-state index < -0.39 is 0 Å². The quantitative estimate of drug-likeness (QED) is 0.709. The maximum absolute atomic E-state index is 13.8. The molecule has 132 valence electrons. The molecule has 3 aromatic rings. The molecular weight excluding hydrogens is 347 g/mol. The molecule has 0 amide bonds. The number of nitrogens with zero attached hydrogens (tertiary/aromatic N) is 3. The molecule has 0 radical (unpaired) electrons. The van der Waals surface area contributed by atoms with E-state index in [-0.39, 0.29) is 17.9 Å². The molecular formula is C20H19FN4S. The molecule has 1 fully saturated rings. The summed E-state index contributed by atoms with van der Waals surface area (Å²) >= 11 is 5.65. The third kappa shape index (κ3) is 2.86. The average molecular weight is 366 g/mol. The molecule has 4 nitrogen and oxygen atoms in total. The van der Waals surface area contributed by atoms with Gasteiger partial charge in [0, 0.05) is 31.3 Å². The lowest BCUT2D eigenvalue weighted by Crippen LogP contribution is -2.29. The van der Waals surface area contributed by atoms with Gasteiger partial charge in [-0.1, -0.05) is 6.07 Å². The second-order valence-electron chi connectivity index (χ2n) is 6.54. The van der Waals surface area contributed by atoms with Crippen molar-refractivity contribution in [2.24, 2.45) is 7.05 Å². The van der Waals surface area contributed by atoms with E-state index in [0.29, 0.717) is 10.7 Å². The zero-order valence-corrected chi connectivity index (χ0v) is 15.4. The van der Waals surface area contributed by atoms with Crippen molar-refractivity contribution in [2.75, 3.05) is 4.90 Å². The minimum atomic E-state index is -0.218. The summed E-state index contributed by atoms with van der Waals surface area (Å²) in [6.45, 7) is 1.76. The Bertz CT molecular complexity index is 953. The highest BCUT2D eigenvalue weighted by atomic mass is 32.1. The molecule has 6 heteroatoms. The maximum atomic E-state index is 13.8. The summed E-state index contributed by atoms with van der Waals surface area (Å²) in [5.41, 5.74) is 3.51. The molecule has 0 bridgehead atoms. The Morgan fingerprint density at radius 3 is 2.69 bits per heavy atom. The Hall–Kier alpha value is -2.73. The van der Waals surface area contributed by atoms with Gasteiger partial charge in [0.05, 0.1) is 17.8 Å². The Labute approximate surface area is 157 Å². The van der Waals surface area contributed by atoms with E-state index in [1.807, 2.05) is 42.1 Å². The first-order valence-corrected chi connectivity index (χ1v) is 8.84. The number of aryl methyl sites for hydroxylation is 2. The third-order valence-electron chi connectivity index (χ3n) is 4.71. The van der Waals surface area contributed by atoms with Crippen molar-refractivity contribution in [3.8, 4) is 0 Å². The maximum Gasteiger partial charge on any atom is 0.174 e. The number of thiocarbonyl (C=S) groups is 1. The third-order valence-corrected chi connectivity index (χ3v) is 5.03. The fourth-order valence-corrected chi connectivity index (χ4v) is 3.80. The zero-order chi connectivity index (χ0) is 18.3. The van der Waals surface area contributed by atoms with E-state index >= 15 is 0 Å². The standard InChI is InChI=1S/C20H19FN4S/c1-13-11-15(6-7-16(13)21)25-19(14-8-10-24(2)12-14)18(23-20(25)26)17-5-3-4-9-22-17/h3-12,18-19H,1-2H3,(H,23,26)/t18-,19+/m1/s1. The van der Waals surface area contributed by atoms with Gasteiger partial charge in [-0.15, -0.1) is 0 Å². The lowest BCUT2D eigenvalue weighted by molar-refractivity contribution is 0.567. The van der Waals surface area contributed by atoms with Gasteiger partial charge >= 0.3 is 0 Å². The summed E-state index contributed by atoms with van der Waals surface area (Å²) in [6.07, 6.45) is 5.88. The molecule has 1 aliphatic rings. The lowest BCUT2D eigenvalue weighted by atomic mass is 9.98. The van der Waals surface area contributed by atoms with Gasteiger partial charge in [-0.2, -0.15) is 0 Å². The van der Waals surface area contributed by atoms with Gasteiger partial charge < -0.3 is 14.8 Å². The number of rotatable bonds is 3. The smallest absolute Gasteiger partial charge is 0.174 e. The molecule has 1 saturated heterocycles. The molecule has 0 spiro atoms. The number of benzene rings is 1. The average Bonchev–Trinajstić information content (AvgIpc) is 3.21. The summed E-state index contributed by atoms with van der Waals surface area (Å²) in [4.78, 5) is 6.57. The fourth-order valence-electron chi connectivity index (χ4n) is 3.45. The van der Waals surface area contributed by atoms with Gasteiger partial charge in [-0.3, -0.25) is 4.98 Å². The van der Waals surface area contributed by atoms with Crippen LogP contribution in [-0.2, 0) is 7.05 Å². The molecule has 3 heterocycles. The van der Waals surface area contributed by atoms with Gasteiger partial charge in [0.15, 0.2) is 5.11 Å². The number of anilines is 1. The van der Waals surface area contributed by atoms with Crippen LogP contribution in [0.5, 0.6) is 0 Å². The molecule has 2 atom stereocenters. The molecule has 0 unspecified atom stereocenters. The number of halogens is 1. The van der Waals surface area contributed by atoms with E-state index in [0.717, 1.165) is 16.9 Å². The van der Waals surface area contributed by atoms with Gasteiger partial charge in [0.25, 0.3) is 0 Å². The monoisotopic (exact) mass is 366 g/mol. The molecule has 1 aliphatic heterocycles. The van der Waals surface area contributed by atoms with Gasteiger partial charge in [0.1, 0.15) is 5.82 Å². The minimum Gasteiger partial charge on any atom is -0.357 e. The van der Waals surface area contributed by atoms with Crippen molar-refractivity contribution in [2.45, 2.75) is 19.0 Å². The molecule has 2 aromatic heterocycles. The van der Waals surface area contributed by atoms with Crippen LogP contribution in [0.25, 0.3) is 0 Å². The zero-order valence-electron chi connectivity index (χ0n) is 14.6. The highest BCUT2D eigenvalue weighted by molar-refractivity contribution is 7.80. The summed E-state index contributed by atoms with van der Waals surface area (Å²) in [5, 5.41) is 4.01. The Morgan fingerprint density at radius 1 is 1.19 bits per heavy atom. The van der Waals surface area contributed by atoms with Crippen LogP contribution < -0.4 is 10.2 Å². The minimum absolute atomic E-state index is 0.0662. The molecule has 0 saturated carbocycles. The van der Waals surface area contributed by atoms with Crippen LogP contribution in [0.15, 0.2) is 61.1 Å². The van der Waals surface area contributed by atoms with Crippen molar-refractivity contribution in [1.29, 1.82) is 0 Å². The SMILES string of the molecule is Cc1cc(N2C(=S)N[C@H](c3ccccn3)[C@@H]2c2ccn(C)c2)ccc1F. The van der Waals surface area contributed by atoms with E-state index in [4.69, 9.17) is 12.2 Å². The summed E-state index contributed by atoms with van der Waals surface area (Å²) in [6, 6.07) is 12.9. The number of hydrogen-bond acceptors (Lipinski definition) is 2. The van der Waals surface area contributed by atoms with E-state index in [1.54, 1.807) is 19.2 Å². The van der Waals surface area contributed by atoms with Gasteiger partial charge in [-0.05, 0) is 66.7 Å². The predicted molar refractivity (Wildman–Crippen MR) is 104 cm³/mol. The highest BCUT2D eigenvalue weighted by Gasteiger charge is 2.41. The molecule has 1 N–H and O–H groups in total. The number of nitrogens with one attached hydrogen (secondary N) is 1. The molecule has 0 aliphatic carbocycles. The van der Waals surface area contributed by atoms with Crippen molar-refractivity contribution < 1.29 is 4.39 Å². The van der Waals surface area contributed by atoms with Crippen LogP contribution in [-0.4, -0.2) is 14.7 Å². The summed E-state index contributed by atoms with van der Waals surface area (Å²) < 4.78 is 15.8. The topological polar surface area (TPSA) is 33.1 Å². The van der Waals surface area contributed by atoms with Crippen LogP contribution in [0, 0.1) is 12.7 Å². The first-order chi connectivity index (χ1) is 12.5. The number of hydrogen-bond donors (Lipinski definition) is 1. The van der Waals surface area contributed by atoms with E-state index in [9.17, 15) is 4.39 Å². The van der Waals surface area contributed by atoms with E-state index in [2.05, 4.69) is 27.5 Å². The predicted octanol–water partition coefficient (Wildman–Crippen LogP) is 4.04. The van der Waals surface area contributed by atoms with Crippen molar-refractivity contribution in [3.63, 3.8) is 0 Å². The van der Waals surface area contributed by atoms with Gasteiger partial charge in [-0.25, -0.2) is 4.39 Å². The number of aromatic nitrogens is 2. The van der Waals surface area contributed by atoms with Crippen molar-refractivity contribution in [1.82, 2.24) is 14.9 Å².